The summed E-state index contributed by atoms with van der Waals surface area (Å²) >= 11 is 9.40. The Hall–Kier alpha value is -1.79. The van der Waals surface area contributed by atoms with Gasteiger partial charge in [0.25, 0.3) is 0 Å². The van der Waals surface area contributed by atoms with Crippen LogP contribution in [0.2, 0.25) is 5.02 Å². The predicted molar refractivity (Wildman–Crippen MR) is 75.1 cm³/mol. The standard InChI is InChI=1S/C12H7BrClN5/c13-9-6-10(14)12(15-7-9)19-17-11(16-18-19)8-4-2-1-3-5-8/h1-7H. The van der Waals surface area contributed by atoms with Gasteiger partial charge in [0, 0.05) is 16.2 Å². The molecule has 0 aliphatic carbocycles. The smallest absolute Gasteiger partial charge is 0.205 e. The Kier molecular flexibility index (Phi) is 3.27. The highest BCUT2D eigenvalue weighted by atomic mass is 79.9. The third kappa shape index (κ3) is 2.50. The van der Waals surface area contributed by atoms with Gasteiger partial charge in [-0.05, 0) is 27.2 Å². The van der Waals surface area contributed by atoms with Gasteiger partial charge < -0.3 is 0 Å². The van der Waals surface area contributed by atoms with Crippen molar-refractivity contribution in [3.8, 4) is 17.2 Å². The van der Waals surface area contributed by atoms with Crippen molar-refractivity contribution < 1.29 is 0 Å². The van der Waals surface area contributed by atoms with Crippen LogP contribution in [-0.2, 0) is 0 Å². The first kappa shape index (κ1) is 12.3. The highest BCUT2D eigenvalue weighted by Gasteiger charge is 2.11. The maximum Gasteiger partial charge on any atom is 0.205 e. The van der Waals surface area contributed by atoms with E-state index in [0.29, 0.717) is 16.7 Å². The molecule has 0 unspecified atom stereocenters. The molecule has 5 nitrogen and oxygen atoms in total. The van der Waals surface area contributed by atoms with Crippen molar-refractivity contribution in [1.29, 1.82) is 0 Å². The molecule has 0 amide bonds. The van der Waals surface area contributed by atoms with Crippen LogP contribution in [0.25, 0.3) is 17.2 Å². The average Bonchev–Trinajstić information content (AvgIpc) is 2.89. The summed E-state index contributed by atoms with van der Waals surface area (Å²) in [5.74, 6) is 0.973. The number of pyridine rings is 1. The van der Waals surface area contributed by atoms with Gasteiger partial charge in [0.15, 0.2) is 5.82 Å². The van der Waals surface area contributed by atoms with Crippen LogP contribution in [0, 0.1) is 0 Å². The summed E-state index contributed by atoms with van der Waals surface area (Å²) in [6, 6.07) is 11.3. The molecule has 0 aliphatic rings. The third-order valence-corrected chi connectivity index (χ3v) is 3.14. The van der Waals surface area contributed by atoms with Crippen molar-refractivity contribution in [3.63, 3.8) is 0 Å². The minimum absolute atomic E-state index is 0.444. The highest BCUT2D eigenvalue weighted by Crippen LogP contribution is 2.21. The largest absolute Gasteiger partial charge is 0.233 e. The van der Waals surface area contributed by atoms with Gasteiger partial charge in [0.05, 0.1) is 5.02 Å². The molecule has 1 aromatic carbocycles. The van der Waals surface area contributed by atoms with Gasteiger partial charge in [-0.2, -0.15) is 0 Å². The lowest BCUT2D eigenvalue weighted by atomic mass is 10.2. The first-order valence-electron chi connectivity index (χ1n) is 5.41. The molecule has 0 atom stereocenters. The Morgan fingerprint density at radius 2 is 1.95 bits per heavy atom. The van der Waals surface area contributed by atoms with Gasteiger partial charge in [0.2, 0.25) is 5.82 Å². The lowest BCUT2D eigenvalue weighted by Gasteiger charge is -2.00. The van der Waals surface area contributed by atoms with E-state index in [1.807, 2.05) is 30.3 Å². The van der Waals surface area contributed by atoms with E-state index in [0.717, 1.165) is 10.0 Å². The van der Waals surface area contributed by atoms with E-state index in [1.54, 1.807) is 12.3 Å². The zero-order valence-electron chi connectivity index (χ0n) is 9.53. The van der Waals surface area contributed by atoms with E-state index in [1.165, 1.54) is 4.80 Å². The molecular weight excluding hydrogens is 330 g/mol. The number of hydrogen-bond acceptors (Lipinski definition) is 4. The summed E-state index contributed by atoms with van der Waals surface area (Å²) in [7, 11) is 0. The third-order valence-electron chi connectivity index (χ3n) is 2.42. The van der Waals surface area contributed by atoms with E-state index in [9.17, 15) is 0 Å². The molecule has 0 aliphatic heterocycles. The summed E-state index contributed by atoms with van der Waals surface area (Å²) in [6.07, 6.45) is 1.63. The summed E-state index contributed by atoms with van der Waals surface area (Å²) in [5.41, 5.74) is 0.891. The number of benzene rings is 1. The molecule has 0 radical (unpaired) electrons. The van der Waals surface area contributed by atoms with E-state index in [4.69, 9.17) is 11.6 Å². The van der Waals surface area contributed by atoms with Gasteiger partial charge in [-0.25, -0.2) is 4.98 Å². The minimum atomic E-state index is 0.444. The zero-order chi connectivity index (χ0) is 13.2. The van der Waals surface area contributed by atoms with Crippen LogP contribution in [0.3, 0.4) is 0 Å². The Morgan fingerprint density at radius 3 is 2.68 bits per heavy atom. The number of aromatic nitrogens is 5. The van der Waals surface area contributed by atoms with Crippen LogP contribution >= 0.6 is 27.5 Å². The second-order valence-electron chi connectivity index (χ2n) is 3.73. The molecule has 3 aromatic rings. The van der Waals surface area contributed by atoms with Gasteiger partial charge in [-0.1, -0.05) is 41.9 Å². The van der Waals surface area contributed by atoms with Gasteiger partial charge >= 0.3 is 0 Å². The fraction of sp³-hybridized carbons (Fsp3) is 0. The molecule has 94 valence electrons. The fourth-order valence-electron chi connectivity index (χ4n) is 1.56. The molecule has 0 saturated carbocycles. The SMILES string of the molecule is Clc1cc(Br)cnc1-n1nnc(-c2ccccc2)n1. The Labute approximate surface area is 122 Å². The molecule has 0 fully saturated rings. The molecule has 2 heterocycles. The van der Waals surface area contributed by atoms with E-state index in [2.05, 4.69) is 36.3 Å². The van der Waals surface area contributed by atoms with E-state index in [-0.39, 0.29) is 0 Å². The fourth-order valence-corrected chi connectivity index (χ4v) is 2.27. The van der Waals surface area contributed by atoms with Gasteiger partial charge in [-0.3, -0.25) is 0 Å². The maximum atomic E-state index is 6.10. The van der Waals surface area contributed by atoms with Crippen LogP contribution < -0.4 is 0 Å². The Bertz CT molecular complexity index is 713. The van der Waals surface area contributed by atoms with Crippen molar-refractivity contribution in [2.75, 3.05) is 0 Å². The molecule has 0 N–H and O–H groups in total. The second-order valence-corrected chi connectivity index (χ2v) is 5.05. The molecule has 3 rings (SSSR count). The van der Waals surface area contributed by atoms with Crippen molar-refractivity contribution >= 4 is 27.5 Å². The van der Waals surface area contributed by atoms with Crippen LogP contribution in [0.4, 0.5) is 0 Å². The monoisotopic (exact) mass is 335 g/mol. The van der Waals surface area contributed by atoms with Crippen LogP contribution in [0.1, 0.15) is 0 Å². The van der Waals surface area contributed by atoms with E-state index >= 15 is 0 Å². The molecule has 2 aromatic heterocycles. The summed E-state index contributed by atoms with van der Waals surface area (Å²) < 4.78 is 0.796. The molecular formula is C12H7BrClN5. The second kappa shape index (κ2) is 5.07. The van der Waals surface area contributed by atoms with Crippen LogP contribution in [0.5, 0.6) is 0 Å². The van der Waals surface area contributed by atoms with Crippen LogP contribution in [0.15, 0.2) is 47.1 Å². The highest BCUT2D eigenvalue weighted by molar-refractivity contribution is 9.10. The van der Waals surface area contributed by atoms with Crippen molar-refractivity contribution in [1.82, 2.24) is 25.2 Å². The number of nitrogens with zero attached hydrogens (tertiary/aromatic N) is 5. The Balaban J connectivity index is 2.02. The number of rotatable bonds is 2. The summed E-state index contributed by atoms with van der Waals surface area (Å²) in [6.45, 7) is 0. The summed E-state index contributed by atoms with van der Waals surface area (Å²) in [4.78, 5) is 5.49. The van der Waals surface area contributed by atoms with Gasteiger partial charge in [0.1, 0.15) is 0 Å². The van der Waals surface area contributed by atoms with Gasteiger partial charge in [-0.15, -0.1) is 15.0 Å². The quantitative estimate of drug-likeness (QED) is 0.721. The van der Waals surface area contributed by atoms with Crippen molar-refractivity contribution in [3.05, 3.63) is 52.1 Å². The molecule has 0 bridgehead atoms. The zero-order valence-corrected chi connectivity index (χ0v) is 11.9. The number of tetrazole rings is 1. The van der Waals surface area contributed by atoms with Crippen molar-refractivity contribution in [2.45, 2.75) is 0 Å². The maximum absolute atomic E-state index is 6.10. The Morgan fingerprint density at radius 1 is 1.16 bits per heavy atom. The first-order chi connectivity index (χ1) is 9.24. The predicted octanol–water partition coefficient (Wildman–Crippen LogP) is 3.14. The lowest BCUT2D eigenvalue weighted by Crippen LogP contribution is -2.02. The average molecular weight is 337 g/mol. The number of halogens is 2. The van der Waals surface area contributed by atoms with E-state index < -0.39 is 0 Å². The molecule has 19 heavy (non-hydrogen) atoms. The normalized spacial score (nSPS) is 10.6. The molecule has 0 spiro atoms. The topological polar surface area (TPSA) is 56.5 Å². The summed E-state index contributed by atoms with van der Waals surface area (Å²) in [5, 5.41) is 12.7. The molecule has 0 saturated heterocycles. The minimum Gasteiger partial charge on any atom is -0.233 e. The first-order valence-corrected chi connectivity index (χ1v) is 6.58. The van der Waals surface area contributed by atoms with Crippen molar-refractivity contribution in [2.24, 2.45) is 0 Å². The van der Waals surface area contributed by atoms with Crippen LogP contribution in [-0.4, -0.2) is 25.2 Å². The molecule has 7 heteroatoms. The number of hydrogen-bond donors (Lipinski definition) is 0. The lowest BCUT2D eigenvalue weighted by molar-refractivity contribution is 0.700.